The number of hydrogen-bond donors (Lipinski definition) is 1. The number of unbranched alkanes of at least 4 members (excludes halogenated alkanes) is 11. The number of carbonyl (C=O) groups is 1. The highest BCUT2D eigenvalue weighted by molar-refractivity contribution is 5.73. The Morgan fingerprint density at radius 1 is 0.923 bits per heavy atom. The quantitative estimate of drug-likeness (QED) is 0.259. The molecule has 0 rings (SSSR count). The monoisotopic (exact) mass is 369 g/mol. The lowest BCUT2D eigenvalue weighted by Crippen LogP contribution is -2.45. The molecule has 4 heteroatoms. The molecule has 0 fully saturated rings. The van der Waals surface area contributed by atoms with Gasteiger partial charge in [-0.15, -0.1) is 0 Å². The SMILES string of the molecule is CCCCCCCCCCCCC/C=C/[C@@H](OC)[C@H](COC)NC(C)=O. The van der Waals surface area contributed by atoms with Crippen molar-refractivity contribution >= 4 is 5.91 Å². The zero-order chi connectivity index (χ0) is 19.5. The molecular weight excluding hydrogens is 326 g/mol. The minimum atomic E-state index is -0.147. The van der Waals surface area contributed by atoms with Crippen molar-refractivity contribution in [2.45, 2.75) is 103 Å². The normalized spacial score (nSPS) is 13.8. The van der Waals surface area contributed by atoms with Crippen molar-refractivity contribution in [1.29, 1.82) is 0 Å². The third kappa shape index (κ3) is 15.4. The minimum absolute atomic E-state index is 0.0622. The third-order valence-corrected chi connectivity index (χ3v) is 4.70. The van der Waals surface area contributed by atoms with Crippen LogP contribution in [0.5, 0.6) is 0 Å². The molecule has 0 aliphatic heterocycles. The predicted molar refractivity (Wildman–Crippen MR) is 110 cm³/mol. The molecule has 0 aliphatic rings. The second kappa shape index (κ2) is 18.9. The van der Waals surface area contributed by atoms with E-state index in [4.69, 9.17) is 9.47 Å². The fourth-order valence-electron chi connectivity index (χ4n) is 3.19. The Morgan fingerprint density at radius 3 is 1.92 bits per heavy atom. The van der Waals surface area contributed by atoms with Gasteiger partial charge in [0.1, 0.15) is 0 Å². The van der Waals surface area contributed by atoms with E-state index in [0.717, 1.165) is 6.42 Å². The highest BCUT2D eigenvalue weighted by atomic mass is 16.5. The van der Waals surface area contributed by atoms with Gasteiger partial charge in [-0.05, 0) is 12.8 Å². The number of allylic oxidation sites excluding steroid dienone is 1. The van der Waals surface area contributed by atoms with E-state index >= 15 is 0 Å². The summed E-state index contributed by atoms with van der Waals surface area (Å²) in [4.78, 5) is 11.3. The van der Waals surface area contributed by atoms with Gasteiger partial charge in [-0.25, -0.2) is 0 Å². The molecule has 1 amide bonds. The largest absolute Gasteiger partial charge is 0.382 e. The molecule has 0 aliphatic carbocycles. The number of methoxy groups -OCH3 is 2. The van der Waals surface area contributed by atoms with Crippen molar-refractivity contribution in [1.82, 2.24) is 5.32 Å². The minimum Gasteiger partial charge on any atom is -0.382 e. The second-order valence-corrected chi connectivity index (χ2v) is 7.22. The van der Waals surface area contributed by atoms with Crippen LogP contribution in [-0.4, -0.2) is 38.9 Å². The Balaban J connectivity index is 3.71. The summed E-state index contributed by atoms with van der Waals surface area (Å²) in [5.41, 5.74) is 0. The third-order valence-electron chi connectivity index (χ3n) is 4.70. The molecule has 154 valence electrons. The summed E-state index contributed by atoms with van der Waals surface area (Å²) in [6.07, 6.45) is 20.2. The highest BCUT2D eigenvalue weighted by Gasteiger charge is 2.19. The van der Waals surface area contributed by atoms with Crippen LogP contribution in [-0.2, 0) is 14.3 Å². The fourth-order valence-corrected chi connectivity index (χ4v) is 3.19. The van der Waals surface area contributed by atoms with E-state index < -0.39 is 0 Å². The van der Waals surface area contributed by atoms with Crippen LogP contribution in [0, 0.1) is 0 Å². The molecular formula is C22H43NO3. The maximum absolute atomic E-state index is 11.3. The zero-order valence-corrected chi connectivity index (χ0v) is 17.7. The lowest BCUT2D eigenvalue weighted by molar-refractivity contribution is -0.121. The highest BCUT2D eigenvalue weighted by Crippen LogP contribution is 2.12. The summed E-state index contributed by atoms with van der Waals surface area (Å²) in [5, 5.41) is 2.89. The zero-order valence-electron chi connectivity index (χ0n) is 17.7. The molecule has 0 heterocycles. The topological polar surface area (TPSA) is 47.6 Å². The van der Waals surface area contributed by atoms with E-state index in [1.807, 2.05) is 0 Å². The molecule has 0 unspecified atom stereocenters. The molecule has 1 N–H and O–H groups in total. The number of amides is 1. The summed E-state index contributed by atoms with van der Waals surface area (Å²) < 4.78 is 10.7. The van der Waals surface area contributed by atoms with E-state index in [1.54, 1.807) is 14.2 Å². The number of ether oxygens (including phenoxy) is 2. The maximum atomic E-state index is 11.3. The number of hydrogen-bond acceptors (Lipinski definition) is 3. The van der Waals surface area contributed by atoms with E-state index in [9.17, 15) is 4.79 Å². The van der Waals surface area contributed by atoms with Gasteiger partial charge < -0.3 is 14.8 Å². The van der Waals surface area contributed by atoms with Crippen LogP contribution in [0.4, 0.5) is 0 Å². The van der Waals surface area contributed by atoms with Crippen molar-refractivity contribution in [3.05, 3.63) is 12.2 Å². The molecule has 0 aromatic rings. The Labute approximate surface area is 162 Å². The van der Waals surface area contributed by atoms with Crippen LogP contribution < -0.4 is 5.32 Å². The van der Waals surface area contributed by atoms with Gasteiger partial charge >= 0.3 is 0 Å². The van der Waals surface area contributed by atoms with Gasteiger partial charge in [0, 0.05) is 21.1 Å². The van der Waals surface area contributed by atoms with E-state index in [0.29, 0.717) is 6.61 Å². The maximum Gasteiger partial charge on any atom is 0.217 e. The standard InChI is InChI=1S/C22H43NO3/c1-5-6-7-8-9-10-11-12-13-14-15-16-17-18-22(26-4)21(19-25-3)23-20(2)24/h17-18,21-22H,5-16,19H2,1-4H3,(H,23,24)/b18-17+/t21-,22+/m0/s1. The van der Waals surface area contributed by atoms with E-state index in [1.165, 1.54) is 77.6 Å². The van der Waals surface area contributed by atoms with Gasteiger partial charge in [-0.3, -0.25) is 4.79 Å². The Bertz CT molecular complexity index is 344. The summed E-state index contributed by atoms with van der Waals surface area (Å²) in [7, 11) is 3.30. The van der Waals surface area contributed by atoms with Gasteiger partial charge in [0.2, 0.25) is 5.91 Å². The van der Waals surface area contributed by atoms with Gasteiger partial charge in [-0.2, -0.15) is 0 Å². The predicted octanol–water partition coefficient (Wildman–Crippen LogP) is 5.41. The van der Waals surface area contributed by atoms with Crippen LogP contribution in [0.1, 0.15) is 90.9 Å². The van der Waals surface area contributed by atoms with Crippen molar-refractivity contribution in [3.8, 4) is 0 Å². The molecule has 0 aromatic carbocycles. The summed E-state index contributed by atoms with van der Waals surface area (Å²) >= 11 is 0. The molecule has 0 saturated carbocycles. The molecule has 2 atom stereocenters. The van der Waals surface area contributed by atoms with Crippen LogP contribution >= 0.6 is 0 Å². The van der Waals surface area contributed by atoms with Gasteiger partial charge in [-0.1, -0.05) is 83.3 Å². The molecule has 26 heavy (non-hydrogen) atoms. The molecule has 0 spiro atoms. The first-order valence-corrected chi connectivity index (χ1v) is 10.6. The number of rotatable bonds is 18. The van der Waals surface area contributed by atoms with Gasteiger partial charge in [0.15, 0.2) is 0 Å². The molecule has 0 bridgehead atoms. The lowest BCUT2D eigenvalue weighted by atomic mass is 10.0. The van der Waals surface area contributed by atoms with Crippen molar-refractivity contribution in [2.75, 3.05) is 20.8 Å². The van der Waals surface area contributed by atoms with E-state index in [-0.39, 0.29) is 18.1 Å². The molecule has 0 saturated heterocycles. The average Bonchev–Trinajstić information content (AvgIpc) is 2.61. The average molecular weight is 370 g/mol. The summed E-state index contributed by atoms with van der Waals surface area (Å²) in [6, 6.07) is -0.143. The first-order valence-electron chi connectivity index (χ1n) is 10.6. The fraction of sp³-hybridized carbons (Fsp3) is 0.864. The molecule has 0 aromatic heterocycles. The Morgan fingerprint density at radius 2 is 1.46 bits per heavy atom. The first kappa shape index (κ1) is 25.1. The van der Waals surface area contributed by atoms with Crippen molar-refractivity contribution in [3.63, 3.8) is 0 Å². The summed E-state index contributed by atoms with van der Waals surface area (Å²) in [6.45, 7) is 4.23. The lowest BCUT2D eigenvalue weighted by Gasteiger charge is -2.23. The Hall–Kier alpha value is -0.870. The number of carbonyl (C=O) groups excluding carboxylic acids is 1. The van der Waals surface area contributed by atoms with Crippen LogP contribution in [0.2, 0.25) is 0 Å². The number of nitrogens with one attached hydrogen (secondary N) is 1. The molecule has 4 nitrogen and oxygen atoms in total. The molecule has 0 radical (unpaired) electrons. The smallest absolute Gasteiger partial charge is 0.217 e. The van der Waals surface area contributed by atoms with Crippen molar-refractivity contribution < 1.29 is 14.3 Å². The van der Waals surface area contributed by atoms with E-state index in [2.05, 4.69) is 24.4 Å². The van der Waals surface area contributed by atoms with Crippen LogP contribution in [0.25, 0.3) is 0 Å². The van der Waals surface area contributed by atoms with Crippen LogP contribution in [0.3, 0.4) is 0 Å². The second-order valence-electron chi connectivity index (χ2n) is 7.22. The van der Waals surface area contributed by atoms with Gasteiger partial charge in [0.25, 0.3) is 0 Å². The van der Waals surface area contributed by atoms with Crippen molar-refractivity contribution in [2.24, 2.45) is 0 Å². The van der Waals surface area contributed by atoms with Gasteiger partial charge in [0.05, 0.1) is 18.8 Å². The first-order chi connectivity index (χ1) is 12.7. The summed E-state index contributed by atoms with van der Waals surface area (Å²) in [5.74, 6) is -0.0622. The van der Waals surface area contributed by atoms with Crippen LogP contribution in [0.15, 0.2) is 12.2 Å². The Kier molecular flexibility index (Phi) is 18.3.